The maximum absolute atomic E-state index is 13.2. The largest absolute Gasteiger partial charge is 0.382 e. The smallest absolute Gasteiger partial charge is 0.126 e. The molecule has 1 aromatic carbocycles. The summed E-state index contributed by atoms with van der Waals surface area (Å²) in [7, 11) is 0. The molecule has 0 amide bonds. The van der Waals surface area contributed by atoms with Crippen LogP contribution in [0.2, 0.25) is 0 Å². The Morgan fingerprint density at radius 2 is 2.06 bits per heavy atom. The number of rotatable bonds is 3. The van der Waals surface area contributed by atoms with Gasteiger partial charge in [0, 0.05) is 11.7 Å². The molecule has 0 aliphatic heterocycles. The normalized spacial score (nSPS) is 24.3. The summed E-state index contributed by atoms with van der Waals surface area (Å²) in [5.41, 5.74) is 1.78. The Morgan fingerprint density at radius 3 is 2.72 bits per heavy atom. The minimum absolute atomic E-state index is 0.121. The molecule has 2 heteroatoms. The van der Waals surface area contributed by atoms with Crippen LogP contribution in [-0.4, -0.2) is 6.04 Å². The van der Waals surface area contributed by atoms with Crippen LogP contribution in [0.3, 0.4) is 0 Å². The molecule has 1 nitrogen and oxygen atoms in total. The molecule has 0 heterocycles. The summed E-state index contributed by atoms with van der Waals surface area (Å²) in [5, 5.41) is 3.57. The molecular weight excluding hydrogens is 225 g/mol. The second-order valence-electron chi connectivity index (χ2n) is 5.98. The SMILES string of the molecule is Cc1cc(NC2CCCC(C(C)C)C2)ccc1F. The van der Waals surface area contributed by atoms with Crippen molar-refractivity contribution >= 4 is 5.69 Å². The summed E-state index contributed by atoms with van der Waals surface area (Å²) < 4.78 is 13.2. The zero-order chi connectivity index (χ0) is 13.1. The van der Waals surface area contributed by atoms with Gasteiger partial charge in [-0.15, -0.1) is 0 Å². The maximum atomic E-state index is 13.2. The first-order valence-corrected chi connectivity index (χ1v) is 7.09. The van der Waals surface area contributed by atoms with Crippen LogP contribution < -0.4 is 5.32 Å². The van der Waals surface area contributed by atoms with Crippen molar-refractivity contribution in [1.82, 2.24) is 0 Å². The lowest BCUT2D eigenvalue weighted by Gasteiger charge is -2.32. The third-order valence-corrected chi connectivity index (χ3v) is 4.19. The molecule has 0 radical (unpaired) electrons. The van der Waals surface area contributed by atoms with Gasteiger partial charge in [0.1, 0.15) is 5.82 Å². The van der Waals surface area contributed by atoms with Crippen molar-refractivity contribution in [1.29, 1.82) is 0 Å². The first-order chi connectivity index (χ1) is 8.56. The number of hydrogen-bond acceptors (Lipinski definition) is 1. The van der Waals surface area contributed by atoms with Crippen LogP contribution in [0.15, 0.2) is 18.2 Å². The summed E-state index contributed by atoms with van der Waals surface area (Å²) in [4.78, 5) is 0. The molecule has 1 aliphatic rings. The third kappa shape index (κ3) is 3.24. The molecule has 0 aromatic heterocycles. The number of benzene rings is 1. The molecule has 0 saturated heterocycles. The highest BCUT2D eigenvalue weighted by molar-refractivity contribution is 5.46. The van der Waals surface area contributed by atoms with Crippen molar-refractivity contribution in [3.05, 3.63) is 29.6 Å². The fourth-order valence-corrected chi connectivity index (χ4v) is 2.93. The number of halogens is 1. The second kappa shape index (κ2) is 5.73. The molecule has 0 bridgehead atoms. The lowest BCUT2D eigenvalue weighted by atomic mass is 9.79. The van der Waals surface area contributed by atoms with Crippen LogP contribution in [0.1, 0.15) is 45.1 Å². The highest BCUT2D eigenvalue weighted by Gasteiger charge is 2.23. The average Bonchev–Trinajstić information content (AvgIpc) is 2.34. The lowest BCUT2D eigenvalue weighted by molar-refractivity contribution is 0.264. The first-order valence-electron chi connectivity index (χ1n) is 7.09. The minimum Gasteiger partial charge on any atom is -0.382 e. The van der Waals surface area contributed by atoms with Crippen molar-refractivity contribution in [2.45, 2.75) is 52.5 Å². The Balaban J connectivity index is 1.98. The summed E-state index contributed by atoms with van der Waals surface area (Å²) in [6.45, 7) is 6.45. The van der Waals surface area contributed by atoms with E-state index >= 15 is 0 Å². The number of anilines is 1. The number of nitrogens with one attached hydrogen (secondary N) is 1. The quantitative estimate of drug-likeness (QED) is 0.814. The predicted molar refractivity (Wildman–Crippen MR) is 75.3 cm³/mol. The highest BCUT2D eigenvalue weighted by atomic mass is 19.1. The summed E-state index contributed by atoms with van der Waals surface area (Å²) in [5.74, 6) is 1.48. The van der Waals surface area contributed by atoms with Gasteiger partial charge in [0.15, 0.2) is 0 Å². The van der Waals surface area contributed by atoms with Crippen LogP contribution in [0.4, 0.5) is 10.1 Å². The van der Waals surface area contributed by atoms with E-state index in [0.717, 1.165) is 23.1 Å². The molecule has 2 rings (SSSR count). The fraction of sp³-hybridized carbons (Fsp3) is 0.625. The van der Waals surface area contributed by atoms with Crippen LogP contribution in [0.25, 0.3) is 0 Å². The first kappa shape index (κ1) is 13.4. The van der Waals surface area contributed by atoms with Crippen molar-refractivity contribution in [2.75, 3.05) is 5.32 Å². The van der Waals surface area contributed by atoms with E-state index in [0.29, 0.717) is 6.04 Å². The Kier molecular flexibility index (Phi) is 4.26. The molecular formula is C16H24FN. The average molecular weight is 249 g/mol. The molecule has 18 heavy (non-hydrogen) atoms. The van der Waals surface area contributed by atoms with Crippen molar-refractivity contribution in [2.24, 2.45) is 11.8 Å². The van der Waals surface area contributed by atoms with E-state index < -0.39 is 0 Å². The third-order valence-electron chi connectivity index (χ3n) is 4.19. The van der Waals surface area contributed by atoms with Gasteiger partial charge in [0.2, 0.25) is 0 Å². The Labute approximate surface area is 110 Å². The zero-order valence-electron chi connectivity index (χ0n) is 11.7. The van der Waals surface area contributed by atoms with Gasteiger partial charge in [-0.05, 0) is 55.4 Å². The Hall–Kier alpha value is -1.05. The van der Waals surface area contributed by atoms with Gasteiger partial charge in [-0.1, -0.05) is 26.7 Å². The van der Waals surface area contributed by atoms with E-state index in [1.807, 2.05) is 19.1 Å². The molecule has 1 saturated carbocycles. The summed E-state index contributed by atoms with van der Waals surface area (Å²) in [6.07, 6.45) is 5.15. The van der Waals surface area contributed by atoms with Gasteiger partial charge in [-0.2, -0.15) is 0 Å². The summed E-state index contributed by atoms with van der Waals surface area (Å²) >= 11 is 0. The summed E-state index contributed by atoms with van der Waals surface area (Å²) in [6, 6.07) is 5.87. The molecule has 1 N–H and O–H groups in total. The number of hydrogen-bond donors (Lipinski definition) is 1. The highest BCUT2D eigenvalue weighted by Crippen LogP contribution is 2.31. The van der Waals surface area contributed by atoms with E-state index in [1.165, 1.54) is 25.7 Å². The second-order valence-corrected chi connectivity index (χ2v) is 5.98. The Bertz CT molecular complexity index is 400. The molecule has 100 valence electrons. The van der Waals surface area contributed by atoms with Gasteiger partial charge < -0.3 is 5.32 Å². The van der Waals surface area contributed by atoms with Crippen molar-refractivity contribution in [3.63, 3.8) is 0 Å². The lowest BCUT2D eigenvalue weighted by Crippen LogP contribution is -2.29. The van der Waals surface area contributed by atoms with Crippen LogP contribution >= 0.6 is 0 Å². The van der Waals surface area contributed by atoms with Gasteiger partial charge in [0.25, 0.3) is 0 Å². The molecule has 2 unspecified atom stereocenters. The van der Waals surface area contributed by atoms with Crippen molar-refractivity contribution in [3.8, 4) is 0 Å². The van der Waals surface area contributed by atoms with E-state index in [-0.39, 0.29) is 5.82 Å². The minimum atomic E-state index is -0.121. The molecule has 1 aliphatic carbocycles. The number of aryl methyl sites for hydroxylation is 1. The van der Waals surface area contributed by atoms with Crippen LogP contribution in [-0.2, 0) is 0 Å². The van der Waals surface area contributed by atoms with Crippen molar-refractivity contribution < 1.29 is 4.39 Å². The monoisotopic (exact) mass is 249 g/mol. The van der Waals surface area contributed by atoms with Gasteiger partial charge in [-0.3, -0.25) is 0 Å². The van der Waals surface area contributed by atoms with E-state index in [2.05, 4.69) is 19.2 Å². The zero-order valence-corrected chi connectivity index (χ0v) is 11.7. The predicted octanol–water partition coefficient (Wildman–Crippen LogP) is 4.76. The molecule has 1 aromatic rings. The standard InChI is InChI=1S/C16H24FN/c1-11(2)13-5-4-6-14(10-13)18-15-7-8-16(17)12(3)9-15/h7-9,11,13-14,18H,4-6,10H2,1-3H3. The van der Waals surface area contributed by atoms with Gasteiger partial charge >= 0.3 is 0 Å². The Morgan fingerprint density at radius 1 is 1.28 bits per heavy atom. The maximum Gasteiger partial charge on any atom is 0.126 e. The van der Waals surface area contributed by atoms with E-state index in [4.69, 9.17) is 0 Å². The van der Waals surface area contributed by atoms with Crippen LogP contribution in [0.5, 0.6) is 0 Å². The molecule has 2 atom stereocenters. The molecule has 1 fully saturated rings. The fourth-order valence-electron chi connectivity index (χ4n) is 2.93. The van der Waals surface area contributed by atoms with E-state index in [9.17, 15) is 4.39 Å². The van der Waals surface area contributed by atoms with Crippen LogP contribution in [0, 0.1) is 24.6 Å². The van der Waals surface area contributed by atoms with E-state index in [1.54, 1.807) is 6.07 Å². The molecule has 0 spiro atoms. The van der Waals surface area contributed by atoms with Gasteiger partial charge in [0.05, 0.1) is 0 Å². The topological polar surface area (TPSA) is 12.0 Å². The van der Waals surface area contributed by atoms with Gasteiger partial charge in [-0.25, -0.2) is 4.39 Å².